The van der Waals surface area contributed by atoms with Crippen LogP contribution in [0.25, 0.3) is 0 Å². The van der Waals surface area contributed by atoms with Gasteiger partial charge in [-0.2, -0.15) is 5.26 Å². The normalized spacial score (nSPS) is 15.8. The molecule has 1 aliphatic heterocycles. The molecule has 1 aromatic carbocycles. The lowest BCUT2D eigenvalue weighted by molar-refractivity contribution is -0.386. The second-order valence-electron chi connectivity index (χ2n) is 4.62. The third-order valence-electron chi connectivity index (χ3n) is 3.42. The maximum absolute atomic E-state index is 11.2. The van der Waals surface area contributed by atoms with Crippen molar-refractivity contribution in [3.8, 4) is 6.07 Å². The Balaban J connectivity index is 0.00000220. The van der Waals surface area contributed by atoms with Gasteiger partial charge >= 0.3 is 0 Å². The largest absolute Gasteiger partial charge is 0.314 e. The van der Waals surface area contributed by atoms with Crippen molar-refractivity contribution < 1.29 is 4.92 Å². The smallest absolute Gasteiger partial charge is 0.274 e. The van der Waals surface area contributed by atoms with Gasteiger partial charge in [0.1, 0.15) is 0 Å². The van der Waals surface area contributed by atoms with Crippen molar-refractivity contribution in [2.45, 2.75) is 12.5 Å². The molecular weight excluding hydrogens is 351 g/mol. The molecule has 1 atom stereocenters. The van der Waals surface area contributed by atoms with Gasteiger partial charge in [-0.05, 0) is 12.1 Å². The molecule has 0 spiro atoms. The quantitative estimate of drug-likeness (QED) is 0.653. The average Bonchev–Trinajstić information content (AvgIpc) is 2.45. The van der Waals surface area contributed by atoms with E-state index < -0.39 is 4.92 Å². The molecule has 1 aromatic rings. The molecule has 0 radical (unpaired) electrons. The number of nitrogens with one attached hydrogen (secondary N) is 1. The molecule has 1 heterocycles. The second kappa shape index (κ2) is 9.82. The standard InChI is InChI=1S/C13H15ClN4O2.2ClH/c14-10-1-2-13(18(19)20)11(9-10)12(3-4-15)17-7-5-16-6-8-17;;/h1-2,9,12,16H,3,5-8H2;2*1H/t12-;;/m0../s1. The van der Waals surface area contributed by atoms with Crippen molar-refractivity contribution in [1.82, 2.24) is 10.2 Å². The summed E-state index contributed by atoms with van der Waals surface area (Å²) >= 11 is 5.97. The molecule has 1 aliphatic rings. The van der Waals surface area contributed by atoms with Gasteiger partial charge in [0.15, 0.2) is 0 Å². The lowest BCUT2D eigenvalue weighted by Crippen LogP contribution is -2.45. The van der Waals surface area contributed by atoms with Crippen LogP contribution in [0.3, 0.4) is 0 Å². The van der Waals surface area contributed by atoms with Crippen molar-refractivity contribution in [2.75, 3.05) is 26.2 Å². The minimum Gasteiger partial charge on any atom is -0.314 e. The molecule has 1 saturated heterocycles. The second-order valence-corrected chi connectivity index (χ2v) is 5.06. The SMILES string of the molecule is Cl.Cl.N#CC[C@@H](c1cc(Cl)ccc1[N+](=O)[O-])N1CCNCC1. The maximum atomic E-state index is 11.2. The van der Waals surface area contributed by atoms with Crippen LogP contribution in [0, 0.1) is 21.4 Å². The van der Waals surface area contributed by atoms with Crippen LogP contribution in [0.4, 0.5) is 5.69 Å². The van der Waals surface area contributed by atoms with Crippen molar-refractivity contribution in [3.63, 3.8) is 0 Å². The number of halogens is 3. The number of nitrogens with zero attached hydrogens (tertiary/aromatic N) is 3. The number of piperazine rings is 1. The van der Waals surface area contributed by atoms with Crippen LogP contribution < -0.4 is 5.32 Å². The predicted octanol–water partition coefficient (Wildman–Crippen LogP) is 2.95. The predicted molar refractivity (Wildman–Crippen MR) is 90.0 cm³/mol. The lowest BCUT2D eigenvalue weighted by atomic mass is 10.00. The molecule has 0 bridgehead atoms. The van der Waals surface area contributed by atoms with Crippen molar-refractivity contribution in [1.29, 1.82) is 5.26 Å². The van der Waals surface area contributed by atoms with Crippen LogP contribution in [0.15, 0.2) is 18.2 Å². The first-order chi connectivity index (χ1) is 9.63. The van der Waals surface area contributed by atoms with Gasteiger partial charge in [-0.25, -0.2) is 0 Å². The summed E-state index contributed by atoms with van der Waals surface area (Å²) in [6.45, 7) is 3.15. The van der Waals surface area contributed by atoms with Crippen molar-refractivity contribution >= 4 is 42.1 Å². The molecular formula is C13H17Cl3N4O2. The molecule has 1 N–H and O–H groups in total. The van der Waals surface area contributed by atoms with Gasteiger partial charge in [-0.15, -0.1) is 24.8 Å². The van der Waals surface area contributed by atoms with Gasteiger partial charge < -0.3 is 5.32 Å². The molecule has 6 nitrogen and oxygen atoms in total. The number of benzene rings is 1. The molecule has 0 unspecified atom stereocenters. The summed E-state index contributed by atoms with van der Waals surface area (Å²) in [6, 6.07) is 6.34. The van der Waals surface area contributed by atoms with Crippen molar-refractivity contribution in [2.24, 2.45) is 0 Å². The maximum Gasteiger partial charge on any atom is 0.274 e. The first-order valence-electron chi connectivity index (χ1n) is 6.39. The van der Waals surface area contributed by atoms with Crippen LogP contribution in [-0.2, 0) is 0 Å². The van der Waals surface area contributed by atoms with Crippen LogP contribution in [0.5, 0.6) is 0 Å². The Labute approximate surface area is 146 Å². The highest BCUT2D eigenvalue weighted by Gasteiger charge is 2.28. The fourth-order valence-corrected chi connectivity index (χ4v) is 2.66. The summed E-state index contributed by atoms with van der Waals surface area (Å²) in [4.78, 5) is 12.9. The van der Waals surface area contributed by atoms with E-state index in [1.807, 2.05) is 0 Å². The third kappa shape index (κ3) is 4.97. The number of hydrogen-bond acceptors (Lipinski definition) is 5. The van der Waals surface area contributed by atoms with E-state index in [0.717, 1.165) is 26.2 Å². The minimum absolute atomic E-state index is 0. The van der Waals surface area contributed by atoms with E-state index in [2.05, 4.69) is 16.3 Å². The molecule has 0 aromatic heterocycles. The first-order valence-corrected chi connectivity index (χ1v) is 6.77. The number of nitro groups is 1. The van der Waals surface area contributed by atoms with Gasteiger partial charge in [0.2, 0.25) is 0 Å². The zero-order valence-electron chi connectivity index (χ0n) is 11.7. The van der Waals surface area contributed by atoms with E-state index in [4.69, 9.17) is 16.9 Å². The zero-order chi connectivity index (χ0) is 14.5. The Kier molecular flexibility index (Phi) is 9.33. The molecule has 0 aliphatic carbocycles. The number of nitro benzene ring substituents is 1. The monoisotopic (exact) mass is 366 g/mol. The third-order valence-corrected chi connectivity index (χ3v) is 3.66. The highest BCUT2D eigenvalue weighted by molar-refractivity contribution is 6.30. The van der Waals surface area contributed by atoms with Gasteiger partial charge in [-0.3, -0.25) is 15.0 Å². The lowest BCUT2D eigenvalue weighted by Gasteiger charge is -2.33. The molecule has 22 heavy (non-hydrogen) atoms. The summed E-state index contributed by atoms with van der Waals surface area (Å²) < 4.78 is 0. The molecule has 1 fully saturated rings. The molecule has 2 rings (SSSR count). The van der Waals surface area contributed by atoms with Crippen molar-refractivity contribution in [3.05, 3.63) is 38.9 Å². The Morgan fingerprint density at radius 2 is 2.05 bits per heavy atom. The van der Waals surface area contributed by atoms with Crippen LogP contribution >= 0.6 is 36.4 Å². The van der Waals surface area contributed by atoms with E-state index in [-0.39, 0.29) is 43.0 Å². The summed E-state index contributed by atoms with van der Waals surface area (Å²) in [6.07, 6.45) is 0.210. The summed E-state index contributed by atoms with van der Waals surface area (Å²) in [7, 11) is 0. The van der Waals surface area contributed by atoms with E-state index in [0.29, 0.717) is 10.6 Å². The highest BCUT2D eigenvalue weighted by atomic mass is 35.5. The Morgan fingerprint density at radius 3 is 2.59 bits per heavy atom. The van der Waals surface area contributed by atoms with Gasteiger partial charge in [0.25, 0.3) is 5.69 Å². The van der Waals surface area contributed by atoms with E-state index >= 15 is 0 Å². The van der Waals surface area contributed by atoms with Crippen LogP contribution in [0.2, 0.25) is 5.02 Å². The topological polar surface area (TPSA) is 82.2 Å². The molecule has 122 valence electrons. The molecule has 9 heteroatoms. The Hall–Kier alpha value is -1.10. The van der Waals surface area contributed by atoms with Gasteiger partial charge in [-0.1, -0.05) is 11.6 Å². The van der Waals surface area contributed by atoms with E-state index in [1.54, 1.807) is 6.07 Å². The molecule has 0 saturated carbocycles. The Bertz CT molecular complexity index is 545. The number of rotatable bonds is 4. The van der Waals surface area contributed by atoms with Gasteiger partial charge in [0.05, 0.1) is 23.5 Å². The van der Waals surface area contributed by atoms with Crippen LogP contribution in [-0.4, -0.2) is 36.0 Å². The zero-order valence-corrected chi connectivity index (χ0v) is 14.1. The average molecular weight is 368 g/mol. The number of nitriles is 1. The summed E-state index contributed by atoms with van der Waals surface area (Å²) in [5.41, 5.74) is 0.541. The minimum atomic E-state index is -0.418. The highest BCUT2D eigenvalue weighted by Crippen LogP contribution is 2.33. The fraction of sp³-hybridized carbons (Fsp3) is 0.462. The van der Waals surface area contributed by atoms with E-state index in [9.17, 15) is 10.1 Å². The van der Waals surface area contributed by atoms with Crippen LogP contribution in [0.1, 0.15) is 18.0 Å². The van der Waals surface area contributed by atoms with E-state index in [1.165, 1.54) is 12.1 Å². The Morgan fingerprint density at radius 1 is 1.41 bits per heavy atom. The fourth-order valence-electron chi connectivity index (χ4n) is 2.47. The first kappa shape index (κ1) is 20.9. The van der Waals surface area contributed by atoms with Gasteiger partial charge in [0, 0.05) is 42.8 Å². The molecule has 0 amide bonds. The summed E-state index contributed by atoms with van der Waals surface area (Å²) in [5, 5.41) is 23.9. The summed E-state index contributed by atoms with van der Waals surface area (Å²) in [5.74, 6) is 0. The number of hydrogen-bond donors (Lipinski definition) is 1.